The number of piperazine rings is 1. The molecule has 1 saturated heterocycles. The maximum absolute atomic E-state index is 11.2. The van der Waals surface area contributed by atoms with Gasteiger partial charge in [-0.1, -0.05) is 0 Å². The Morgan fingerprint density at radius 1 is 1.54 bits per heavy atom. The van der Waals surface area contributed by atoms with Crippen LogP contribution in [0, 0.1) is 0 Å². The van der Waals surface area contributed by atoms with Gasteiger partial charge in [0.1, 0.15) is 6.54 Å². The van der Waals surface area contributed by atoms with Gasteiger partial charge in [-0.25, -0.2) is 0 Å². The minimum absolute atomic E-state index is 0.0355. The zero-order valence-corrected chi connectivity index (χ0v) is 7.29. The van der Waals surface area contributed by atoms with Crippen LogP contribution < -0.4 is 10.6 Å². The Balaban J connectivity index is 2.56. The molecule has 1 heterocycles. The van der Waals surface area contributed by atoms with Crippen molar-refractivity contribution in [2.75, 3.05) is 26.7 Å². The minimum atomic E-state index is -0.685. The van der Waals surface area contributed by atoms with Gasteiger partial charge >= 0.3 is 11.8 Å². The number of hydrogen-bond donors (Lipinski definition) is 2. The van der Waals surface area contributed by atoms with Crippen LogP contribution in [0.1, 0.15) is 0 Å². The molecule has 1 fully saturated rings. The molecule has 3 amide bonds. The van der Waals surface area contributed by atoms with E-state index in [1.165, 1.54) is 11.9 Å². The lowest BCUT2D eigenvalue weighted by molar-refractivity contribution is -0.148. The van der Waals surface area contributed by atoms with E-state index in [-0.39, 0.29) is 12.5 Å². The van der Waals surface area contributed by atoms with Crippen molar-refractivity contribution in [3.63, 3.8) is 0 Å². The summed E-state index contributed by atoms with van der Waals surface area (Å²) in [7, 11) is 1.38. The number of carbonyl (C=O) groups excluding carboxylic acids is 3. The minimum Gasteiger partial charge on any atom is -0.353 e. The Morgan fingerprint density at radius 2 is 2.23 bits per heavy atom. The first-order valence-electron chi connectivity index (χ1n) is 3.93. The van der Waals surface area contributed by atoms with Gasteiger partial charge in [-0.15, -0.1) is 0 Å². The van der Waals surface area contributed by atoms with Crippen LogP contribution in [0.3, 0.4) is 0 Å². The van der Waals surface area contributed by atoms with Gasteiger partial charge in [0.05, 0.1) is 0 Å². The third-order valence-corrected chi connectivity index (χ3v) is 1.75. The Morgan fingerprint density at radius 3 is 2.77 bits per heavy atom. The highest BCUT2D eigenvalue weighted by atomic mass is 16.2. The molecule has 0 unspecified atom stereocenters. The summed E-state index contributed by atoms with van der Waals surface area (Å²) in [5.41, 5.74) is 0. The van der Waals surface area contributed by atoms with E-state index in [2.05, 4.69) is 10.6 Å². The van der Waals surface area contributed by atoms with Gasteiger partial charge in [0, 0.05) is 20.1 Å². The van der Waals surface area contributed by atoms with Crippen LogP contribution in [-0.4, -0.2) is 49.3 Å². The van der Waals surface area contributed by atoms with Crippen molar-refractivity contribution in [3.05, 3.63) is 0 Å². The molecule has 0 aromatic heterocycles. The second-order valence-corrected chi connectivity index (χ2v) is 2.66. The first kappa shape index (κ1) is 9.50. The summed E-state index contributed by atoms with van der Waals surface area (Å²) in [5.74, 6) is -1.57. The third-order valence-electron chi connectivity index (χ3n) is 1.75. The van der Waals surface area contributed by atoms with E-state index in [1.54, 1.807) is 0 Å². The summed E-state index contributed by atoms with van der Waals surface area (Å²) < 4.78 is 0. The van der Waals surface area contributed by atoms with E-state index in [0.717, 1.165) is 0 Å². The molecule has 0 aliphatic carbocycles. The van der Waals surface area contributed by atoms with Crippen LogP contribution in [0.25, 0.3) is 0 Å². The molecule has 13 heavy (non-hydrogen) atoms. The molecule has 6 nitrogen and oxygen atoms in total. The van der Waals surface area contributed by atoms with Crippen LogP contribution in [0.15, 0.2) is 0 Å². The third kappa shape index (κ3) is 2.17. The molecule has 0 spiro atoms. The number of likely N-dealkylation sites (N-methyl/N-ethyl adjacent to an activating group) is 1. The van der Waals surface area contributed by atoms with Gasteiger partial charge in [0.2, 0.25) is 5.91 Å². The van der Waals surface area contributed by atoms with E-state index in [0.29, 0.717) is 13.1 Å². The van der Waals surface area contributed by atoms with Crippen LogP contribution in [-0.2, 0) is 14.4 Å². The molecule has 0 atom stereocenters. The van der Waals surface area contributed by atoms with E-state index < -0.39 is 11.8 Å². The zero-order valence-electron chi connectivity index (χ0n) is 7.29. The molecule has 0 bridgehead atoms. The van der Waals surface area contributed by atoms with Gasteiger partial charge < -0.3 is 15.5 Å². The Labute approximate surface area is 75.3 Å². The van der Waals surface area contributed by atoms with Crippen molar-refractivity contribution in [2.45, 2.75) is 0 Å². The van der Waals surface area contributed by atoms with Crippen LogP contribution in [0.4, 0.5) is 0 Å². The first-order valence-corrected chi connectivity index (χ1v) is 3.93. The largest absolute Gasteiger partial charge is 0.353 e. The second kappa shape index (κ2) is 3.88. The van der Waals surface area contributed by atoms with Crippen molar-refractivity contribution in [2.24, 2.45) is 0 Å². The van der Waals surface area contributed by atoms with E-state index in [1.807, 2.05) is 0 Å². The maximum atomic E-state index is 11.2. The Bertz CT molecular complexity index is 251. The molecular formula is C7H11N3O3. The predicted octanol–water partition coefficient (Wildman–Crippen LogP) is -2.31. The smallest absolute Gasteiger partial charge is 0.312 e. The summed E-state index contributed by atoms with van der Waals surface area (Å²) in [5, 5.41) is 4.77. The molecule has 72 valence electrons. The lowest BCUT2D eigenvalue weighted by atomic mass is 10.3. The van der Waals surface area contributed by atoms with E-state index >= 15 is 0 Å². The molecule has 0 radical (unpaired) electrons. The van der Waals surface area contributed by atoms with Crippen LogP contribution >= 0.6 is 0 Å². The zero-order chi connectivity index (χ0) is 9.84. The average molecular weight is 185 g/mol. The van der Waals surface area contributed by atoms with E-state index in [4.69, 9.17) is 0 Å². The number of carbonyl (C=O) groups is 3. The van der Waals surface area contributed by atoms with Crippen molar-refractivity contribution < 1.29 is 14.4 Å². The molecule has 0 saturated carbocycles. The van der Waals surface area contributed by atoms with Crippen molar-refractivity contribution in [1.29, 1.82) is 0 Å². The lowest BCUT2D eigenvalue weighted by Gasteiger charge is -2.25. The first-order chi connectivity index (χ1) is 6.15. The highest BCUT2D eigenvalue weighted by Crippen LogP contribution is 1.93. The quantitative estimate of drug-likeness (QED) is 0.416. The average Bonchev–Trinajstić information content (AvgIpc) is 2.15. The molecule has 1 aliphatic heterocycles. The molecule has 1 rings (SSSR count). The van der Waals surface area contributed by atoms with Gasteiger partial charge in [-0.3, -0.25) is 14.4 Å². The normalized spacial score (nSPS) is 16.4. The van der Waals surface area contributed by atoms with Gasteiger partial charge in [0.25, 0.3) is 0 Å². The highest BCUT2D eigenvalue weighted by molar-refractivity contribution is 6.35. The predicted molar refractivity (Wildman–Crippen MR) is 43.7 cm³/mol. The molecule has 6 heteroatoms. The number of rotatable bonds is 0. The number of nitrogens with one attached hydrogen (secondary N) is 2. The molecule has 1 aliphatic rings. The SMILES string of the molecule is CNC(=O)C(=O)N1CCNC(=O)C1. The van der Waals surface area contributed by atoms with Crippen molar-refractivity contribution >= 4 is 17.7 Å². The number of nitrogens with zero attached hydrogens (tertiary/aromatic N) is 1. The maximum Gasteiger partial charge on any atom is 0.312 e. The molecule has 0 aromatic rings. The summed E-state index contributed by atoms with van der Waals surface area (Å²) in [6, 6.07) is 0. The van der Waals surface area contributed by atoms with Gasteiger partial charge in [0.15, 0.2) is 0 Å². The summed E-state index contributed by atoms with van der Waals surface area (Å²) in [6.45, 7) is 0.756. The van der Waals surface area contributed by atoms with Gasteiger partial charge in [-0.2, -0.15) is 0 Å². The van der Waals surface area contributed by atoms with Crippen molar-refractivity contribution in [1.82, 2.24) is 15.5 Å². The number of amides is 3. The standard InChI is InChI=1S/C7H11N3O3/c1-8-6(12)7(13)10-3-2-9-5(11)4-10/h2-4H2,1H3,(H,8,12)(H,9,11). The summed E-state index contributed by atoms with van der Waals surface area (Å²) in [6.07, 6.45) is 0. The molecule has 0 aromatic carbocycles. The second-order valence-electron chi connectivity index (χ2n) is 2.66. The highest BCUT2D eigenvalue weighted by Gasteiger charge is 2.25. The Kier molecular flexibility index (Phi) is 2.84. The van der Waals surface area contributed by atoms with Crippen LogP contribution in [0.2, 0.25) is 0 Å². The fraction of sp³-hybridized carbons (Fsp3) is 0.571. The van der Waals surface area contributed by atoms with Crippen LogP contribution in [0.5, 0.6) is 0 Å². The molecular weight excluding hydrogens is 174 g/mol. The van der Waals surface area contributed by atoms with Crippen molar-refractivity contribution in [3.8, 4) is 0 Å². The fourth-order valence-corrected chi connectivity index (χ4v) is 1.06. The number of hydrogen-bond acceptors (Lipinski definition) is 3. The Hall–Kier alpha value is -1.59. The van der Waals surface area contributed by atoms with E-state index in [9.17, 15) is 14.4 Å². The van der Waals surface area contributed by atoms with Gasteiger partial charge in [-0.05, 0) is 0 Å². The molecule has 2 N–H and O–H groups in total. The summed E-state index contributed by atoms with van der Waals surface area (Å²) in [4.78, 5) is 34.2. The summed E-state index contributed by atoms with van der Waals surface area (Å²) >= 11 is 0. The fourth-order valence-electron chi connectivity index (χ4n) is 1.06. The topological polar surface area (TPSA) is 78.5 Å². The lowest BCUT2D eigenvalue weighted by Crippen LogP contribution is -2.53. The monoisotopic (exact) mass is 185 g/mol.